The van der Waals surface area contributed by atoms with E-state index in [1.807, 2.05) is 12.1 Å². The Balaban J connectivity index is 1.14. The van der Waals surface area contributed by atoms with Crippen LogP contribution < -0.4 is 15.4 Å². The average Bonchev–Trinajstić information content (AvgIpc) is 2.68. The van der Waals surface area contributed by atoms with Gasteiger partial charge in [0.15, 0.2) is 6.61 Å². The molecule has 3 fully saturated rings. The minimum atomic E-state index is -0.603. The summed E-state index contributed by atoms with van der Waals surface area (Å²) in [4.78, 5) is 24.3. The highest BCUT2D eigenvalue weighted by atomic mass is 35.5. The van der Waals surface area contributed by atoms with Gasteiger partial charge in [-0.1, -0.05) is 35.3 Å². The van der Waals surface area contributed by atoms with Crippen LogP contribution in [0.1, 0.15) is 24.8 Å². The van der Waals surface area contributed by atoms with Gasteiger partial charge < -0.3 is 20.1 Å². The molecule has 0 saturated heterocycles. The van der Waals surface area contributed by atoms with Gasteiger partial charge in [-0.2, -0.15) is 0 Å². The zero-order valence-electron chi connectivity index (χ0n) is 16.6. The third-order valence-electron chi connectivity index (χ3n) is 5.52. The molecule has 0 radical (unpaired) electrons. The zero-order chi connectivity index (χ0) is 22.1. The number of hydrogen-bond acceptors (Lipinski definition) is 4. The molecule has 2 amide bonds. The summed E-state index contributed by atoms with van der Waals surface area (Å²) < 4.78 is 24.2. The maximum Gasteiger partial charge on any atom is 0.258 e. The maximum absolute atomic E-state index is 13.4. The van der Waals surface area contributed by atoms with Crippen LogP contribution in [0, 0.1) is 5.82 Å². The van der Waals surface area contributed by atoms with Crippen molar-refractivity contribution in [2.24, 2.45) is 0 Å². The topological polar surface area (TPSA) is 76.7 Å². The Bertz CT molecular complexity index is 980. The first-order valence-electron chi connectivity index (χ1n) is 9.79. The number of ether oxygens (including phenoxy) is 2. The summed E-state index contributed by atoms with van der Waals surface area (Å²) in [6, 6.07) is 11.2. The molecule has 164 valence electrons. The van der Waals surface area contributed by atoms with Gasteiger partial charge in [0.1, 0.15) is 18.2 Å². The Kier molecular flexibility index (Phi) is 6.10. The third kappa shape index (κ3) is 5.11. The fourth-order valence-corrected chi connectivity index (χ4v) is 4.52. The Labute approximate surface area is 189 Å². The molecule has 9 heteroatoms. The molecule has 6 nitrogen and oxygen atoms in total. The predicted octanol–water partition coefficient (Wildman–Crippen LogP) is 3.64. The first-order valence-corrected chi connectivity index (χ1v) is 10.5. The summed E-state index contributed by atoms with van der Waals surface area (Å²) in [5.74, 6) is -0.839. The Hall–Kier alpha value is -2.35. The average molecular weight is 467 g/mol. The molecule has 2 aromatic rings. The van der Waals surface area contributed by atoms with Crippen LogP contribution in [-0.4, -0.2) is 36.1 Å². The molecule has 0 aliphatic heterocycles. The van der Waals surface area contributed by atoms with Crippen LogP contribution in [0.5, 0.6) is 5.75 Å². The van der Waals surface area contributed by atoms with E-state index in [1.165, 1.54) is 12.1 Å². The summed E-state index contributed by atoms with van der Waals surface area (Å²) in [5.41, 5.74) is 0.366. The maximum atomic E-state index is 13.4. The summed E-state index contributed by atoms with van der Waals surface area (Å²) in [7, 11) is 0. The van der Waals surface area contributed by atoms with E-state index >= 15 is 0 Å². The lowest BCUT2D eigenvalue weighted by Crippen LogP contribution is -2.84. The first-order chi connectivity index (χ1) is 14.8. The molecule has 3 aliphatic carbocycles. The Morgan fingerprint density at radius 3 is 2.16 bits per heavy atom. The normalized spacial score (nSPS) is 23.3. The van der Waals surface area contributed by atoms with E-state index in [2.05, 4.69) is 10.6 Å². The van der Waals surface area contributed by atoms with Crippen molar-refractivity contribution in [1.82, 2.24) is 10.6 Å². The second kappa shape index (κ2) is 8.65. The van der Waals surface area contributed by atoms with Gasteiger partial charge in [0.05, 0.1) is 11.6 Å². The molecule has 2 bridgehead atoms. The lowest BCUT2D eigenvalue weighted by Gasteiger charge is -2.70. The molecule has 5 rings (SSSR count). The second-order valence-corrected chi connectivity index (χ2v) is 9.01. The van der Waals surface area contributed by atoms with Crippen LogP contribution >= 0.6 is 23.2 Å². The highest BCUT2D eigenvalue weighted by molar-refractivity contribution is 6.30. The minimum absolute atomic E-state index is 0.00612. The van der Waals surface area contributed by atoms with Crippen LogP contribution in [0.15, 0.2) is 42.5 Å². The Morgan fingerprint density at radius 2 is 1.55 bits per heavy atom. The number of halogens is 3. The van der Waals surface area contributed by atoms with Crippen molar-refractivity contribution in [2.75, 3.05) is 13.2 Å². The summed E-state index contributed by atoms with van der Waals surface area (Å²) in [5, 5.41) is 6.59. The van der Waals surface area contributed by atoms with Crippen LogP contribution in [0.2, 0.25) is 10.0 Å². The highest BCUT2D eigenvalue weighted by Gasteiger charge is 2.69. The second-order valence-electron chi connectivity index (χ2n) is 8.17. The fourth-order valence-electron chi connectivity index (χ4n) is 4.27. The van der Waals surface area contributed by atoms with Crippen molar-refractivity contribution >= 4 is 35.0 Å². The van der Waals surface area contributed by atoms with Gasteiger partial charge >= 0.3 is 0 Å². The number of benzene rings is 2. The molecule has 0 atom stereocenters. The third-order valence-corrected chi connectivity index (χ3v) is 6.07. The van der Waals surface area contributed by atoms with Gasteiger partial charge in [0, 0.05) is 22.2 Å². The number of carbonyl (C=O) groups excluding carboxylic acids is 2. The Morgan fingerprint density at radius 1 is 0.935 bits per heavy atom. The monoisotopic (exact) mass is 466 g/mol. The molecule has 0 unspecified atom stereocenters. The smallest absolute Gasteiger partial charge is 0.258 e. The van der Waals surface area contributed by atoms with E-state index in [0.717, 1.165) is 11.6 Å². The van der Waals surface area contributed by atoms with Gasteiger partial charge in [-0.15, -0.1) is 0 Å². The molecular formula is C22H21Cl2FN2O4. The fraction of sp³-hybridized carbons (Fsp3) is 0.364. The largest absolute Gasteiger partial charge is 0.484 e. The molecule has 3 saturated carbocycles. The number of carbonyl (C=O) groups is 2. The van der Waals surface area contributed by atoms with Gasteiger partial charge in [-0.05, 0) is 49.1 Å². The van der Waals surface area contributed by atoms with Crippen molar-refractivity contribution in [3.8, 4) is 5.75 Å². The SMILES string of the molecule is O=C(COCc1ccc(Cl)cc1)NC12CC(NC(=O)COc3ccc(Cl)c(F)c3)(C1)C2. The van der Waals surface area contributed by atoms with Crippen molar-refractivity contribution in [3.05, 3.63) is 63.9 Å². The van der Waals surface area contributed by atoms with Gasteiger partial charge in [-0.3, -0.25) is 9.59 Å². The van der Waals surface area contributed by atoms with Crippen molar-refractivity contribution in [1.29, 1.82) is 0 Å². The van der Waals surface area contributed by atoms with Crippen LogP contribution in [-0.2, 0) is 20.9 Å². The summed E-state index contributed by atoms with van der Waals surface area (Å²) >= 11 is 11.5. The molecule has 0 heterocycles. The quantitative estimate of drug-likeness (QED) is 0.591. The van der Waals surface area contributed by atoms with Crippen molar-refractivity contribution in [3.63, 3.8) is 0 Å². The minimum Gasteiger partial charge on any atom is -0.484 e. The summed E-state index contributed by atoms with van der Waals surface area (Å²) in [6.07, 6.45) is 2.01. The first kappa shape index (κ1) is 21.9. The number of hydrogen-bond donors (Lipinski definition) is 2. The van der Waals surface area contributed by atoms with Crippen LogP contribution in [0.3, 0.4) is 0 Å². The number of nitrogens with one attached hydrogen (secondary N) is 2. The molecule has 0 spiro atoms. The van der Waals surface area contributed by atoms with Crippen molar-refractivity contribution < 1.29 is 23.5 Å². The van der Waals surface area contributed by atoms with E-state index in [4.69, 9.17) is 32.7 Å². The molecule has 2 N–H and O–H groups in total. The molecule has 2 aromatic carbocycles. The van der Waals surface area contributed by atoms with Gasteiger partial charge in [0.25, 0.3) is 5.91 Å². The molecule has 3 aliphatic rings. The van der Waals surface area contributed by atoms with Crippen LogP contribution in [0.25, 0.3) is 0 Å². The van der Waals surface area contributed by atoms with Gasteiger partial charge in [-0.25, -0.2) is 4.39 Å². The van der Waals surface area contributed by atoms with E-state index < -0.39 is 5.82 Å². The lowest BCUT2D eigenvalue weighted by molar-refractivity contribution is -0.152. The standard InChI is InChI=1S/C22H21Cl2FN2O4/c23-15-3-1-14(2-4-15)8-30-9-19(28)26-21-11-22(12-21,13-21)27-20(29)10-31-16-5-6-17(24)18(25)7-16/h1-7H,8-13H2,(H,26,28)(H,27,29). The van der Waals surface area contributed by atoms with E-state index in [0.29, 0.717) is 30.9 Å². The zero-order valence-corrected chi connectivity index (χ0v) is 18.1. The van der Waals surface area contributed by atoms with E-state index in [9.17, 15) is 14.0 Å². The molecule has 31 heavy (non-hydrogen) atoms. The van der Waals surface area contributed by atoms with E-state index in [-0.39, 0.29) is 46.9 Å². The van der Waals surface area contributed by atoms with E-state index in [1.54, 1.807) is 12.1 Å². The number of rotatable bonds is 9. The number of amides is 2. The highest BCUT2D eigenvalue weighted by Crippen LogP contribution is 2.60. The van der Waals surface area contributed by atoms with Gasteiger partial charge in [0.2, 0.25) is 5.91 Å². The predicted molar refractivity (Wildman–Crippen MR) is 114 cm³/mol. The van der Waals surface area contributed by atoms with Crippen molar-refractivity contribution in [2.45, 2.75) is 36.9 Å². The summed E-state index contributed by atoms with van der Waals surface area (Å²) in [6.45, 7) is 0.0745. The lowest BCUT2D eigenvalue weighted by atomic mass is 9.44. The molecular weight excluding hydrogens is 446 g/mol. The molecule has 0 aromatic heterocycles. The van der Waals surface area contributed by atoms with Crippen LogP contribution in [0.4, 0.5) is 4.39 Å².